The largest absolute Gasteiger partial charge is 0.497 e. The van der Waals surface area contributed by atoms with Gasteiger partial charge in [0.05, 0.1) is 13.7 Å². The smallest absolute Gasteiger partial charge is 0.330 e. The quantitative estimate of drug-likeness (QED) is 0.441. The second-order valence-corrected chi connectivity index (χ2v) is 4.43. The number of ether oxygens (including phenoxy) is 2. The standard InChI is InChI=1S/C15H21NO3.ClH/c1-16(2)11-4-12-19-15(17)10-7-13-5-8-14(18-3)9-6-13;/h5-10H,4,11-12H2,1-3H3;1H. The number of methoxy groups -OCH3 is 1. The van der Waals surface area contributed by atoms with Crippen molar-refractivity contribution >= 4 is 24.5 Å². The Kier molecular flexibility index (Phi) is 9.51. The summed E-state index contributed by atoms with van der Waals surface area (Å²) in [7, 11) is 5.60. The molecule has 0 saturated carbocycles. The molecule has 0 fully saturated rings. The fourth-order valence-corrected chi connectivity index (χ4v) is 1.48. The summed E-state index contributed by atoms with van der Waals surface area (Å²) in [5, 5.41) is 0. The minimum atomic E-state index is -0.311. The number of hydrogen-bond donors (Lipinski definition) is 0. The van der Waals surface area contributed by atoms with E-state index in [1.165, 1.54) is 6.08 Å². The maximum absolute atomic E-state index is 11.4. The summed E-state index contributed by atoms with van der Waals surface area (Å²) < 4.78 is 10.1. The summed E-state index contributed by atoms with van der Waals surface area (Å²) in [6.45, 7) is 1.36. The Morgan fingerprint density at radius 3 is 2.45 bits per heavy atom. The van der Waals surface area contributed by atoms with E-state index >= 15 is 0 Å². The van der Waals surface area contributed by atoms with Crippen LogP contribution in [0.15, 0.2) is 30.3 Å². The molecule has 0 bridgehead atoms. The third kappa shape index (κ3) is 7.81. The van der Waals surface area contributed by atoms with Gasteiger partial charge in [0.2, 0.25) is 0 Å². The summed E-state index contributed by atoms with van der Waals surface area (Å²) in [5.41, 5.74) is 0.936. The number of carbonyl (C=O) groups is 1. The predicted octanol–water partition coefficient (Wildman–Crippen LogP) is 2.63. The summed E-state index contributed by atoms with van der Waals surface area (Å²) in [4.78, 5) is 13.5. The van der Waals surface area contributed by atoms with Crippen molar-refractivity contribution in [2.75, 3.05) is 34.4 Å². The van der Waals surface area contributed by atoms with Crippen LogP contribution in [0, 0.1) is 0 Å². The Balaban J connectivity index is 0.00000361. The lowest BCUT2D eigenvalue weighted by Crippen LogP contribution is -2.15. The Morgan fingerprint density at radius 2 is 1.90 bits per heavy atom. The van der Waals surface area contributed by atoms with Crippen molar-refractivity contribution < 1.29 is 14.3 Å². The molecule has 1 aromatic rings. The van der Waals surface area contributed by atoms with E-state index in [-0.39, 0.29) is 18.4 Å². The molecule has 0 N–H and O–H groups in total. The molecule has 0 aliphatic carbocycles. The lowest BCUT2D eigenvalue weighted by atomic mass is 10.2. The Labute approximate surface area is 126 Å². The van der Waals surface area contributed by atoms with Crippen LogP contribution in [0.1, 0.15) is 12.0 Å². The van der Waals surface area contributed by atoms with Crippen LogP contribution < -0.4 is 4.74 Å². The number of halogens is 1. The van der Waals surface area contributed by atoms with Crippen LogP contribution in [-0.2, 0) is 9.53 Å². The van der Waals surface area contributed by atoms with Crippen LogP contribution in [0.3, 0.4) is 0 Å². The van der Waals surface area contributed by atoms with Crippen LogP contribution in [-0.4, -0.2) is 45.2 Å². The molecule has 20 heavy (non-hydrogen) atoms. The molecule has 0 saturated heterocycles. The molecule has 1 aromatic carbocycles. The molecular formula is C15H22ClNO3. The highest BCUT2D eigenvalue weighted by Gasteiger charge is 1.98. The number of carbonyl (C=O) groups excluding carboxylic acids is 1. The van der Waals surface area contributed by atoms with Crippen molar-refractivity contribution in [3.63, 3.8) is 0 Å². The third-order valence-corrected chi connectivity index (χ3v) is 2.52. The van der Waals surface area contributed by atoms with Crippen molar-refractivity contribution in [3.8, 4) is 5.75 Å². The lowest BCUT2D eigenvalue weighted by Gasteiger charge is -2.08. The molecule has 112 valence electrons. The van der Waals surface area contributed by atoms with Gasteiger partial charge in [0.25, 0.3) is 0 Å². The number of esters is 1. The molecule has 0 heterocycles. The molecule has 5 heteroatoms. The van der Waals surface area contributed by atoms with Gasteiger partial charge in [-0.3, -0.25) is 0 Å². The van der Waals surface area contributed by atoms with Crippen LogP contribution in [0.25, 0.3) is 6.08 Å². The van der Waals surface area contributed by atoms with E-state index in [1.54, 1.807) is 13.2 Å². The molecule has 0 aliphatic heterocycles. The van der Waals surface area contributed by atoms with Crippen LogP contribution in [0.4, 0.5) is 0 Å². The van der Waals surface area contributed by atoms with Gasteiger partial charge in [-0.1, -0.05) is 12.1 Å². The first-order valence-electron chi connectivity index (χ1n) is 6.25. The van der Waals surface area contributed by atoms with E-state index in [1.807, 2.05) is 38.4 Å². The first-order chi connectivity index (χ1) is 9.11. The van der Waals surface area contributed by atoms with Crippen molar-refractivity contribution in [1.29, 1.82) is 0 Å². The van der Waals surface area contributed by atoms with E-state index in [0.29, 0.717) is 6.61 Å². The molecule has 0 aromatic heterocycles. The van der Waals surface area contributed by atoms with Crippen molar-refractivity contribution in [2.24, 2.45) is 0 Å². The minimum absolute atomic E-state index is 0. The van der Waals surface area contributed by atoms with Gasteiger partial charge in [-0.05, 0) is 44.3 Å². The molecule has 0 unspecified atom stereocenters. The number of rotatable bonds is 7. The zero-order valence-electron chi connectivity index (χ0n) is 12.2. The zero-order chi connectivity index (χ0) is 14.1. The van der Waals surface area contributed by atoms with Crippen molar-refractivity contribution in [1.82, 2.24) is 4.90 Å². The zero-order valence-corrected chi connectivity index (χ0v) is 13.0. The molecule has 0 amide bonds. The monoisotopic (exact) mass is 299 g/mol. The highest BCUT2D eigenvalue weighted by atomic mass is 35.5. The SMILES string of the molecule is COc1ccc(C=CC(=O)OCCCN(C)C)cc1.Cl. The van der Waals surface area contributed by atoms with Crippen LogP contribution >= 0.6 is 12.4 Å². The Morgan fingerprint density at radius 1 is 1.25 bits per heavy atom. The van der Waals surface area contributed by atoms with Crippen LogP contribution in [0.2, 0.25) is 0 Å². The van der Waals surface area contributed by atoms with Gasteiger partial charge in [0.1, 0.15) is 5.75 Å². The van der Waals surface area contributed by atoms with Gasteiger partial charge in [-0.25, -0.2) is 4.79 Å². The van der Waals surface area contributed by atoms with Crippen molar-refractivity contribution in [2.45, 2.75) is 6.42 Å². The van der Waals surface area contributed by atoms with Gasteiger partial charge in [0.15, 0.2) is 0 Å². The van der Waals surface area contributed by atoms with E-state index in [2.05, 4.69) is 4.90 Å². The molecule has 0 atom stereocenters. The highest BCUT2D eigenvalue weighted by molar-refractivity contribution is 5.87. The van der Waals surface area contributed by atoms with E-state index in [4.69, 9.17) is 9.47 Å². The first-order valence-corrected chi connectivity index (χ1v) is 6.25. The lowest BCUT2D eigenvalue weighted by molar-refractivity contribution is -0.137. The Hall–Kier alpha value is -1.52. The molecule has 4 nitrogen and oxygen atoms in total. The Bertz CT molecular complexity index is 416. The van der Waals surface area contributed by atoms with Gasteiger partial charge < -0.3 is 14.4 Å². The molecule has 0 spiro atoms. The second-order valence-electron chi connectivity index (χ2n) is 4.43. The van der Waals surface area contributed by atoms with Gasteiger partial charge in [-0.2, -0.15) is 0 Å². The number of benzene rings is 1. The molecule has 1 rings (SSSR count). The second kappa shape index (κ2) is 10.3. The maximum atomic E-state index is 11.4. The third-order valence-electron chi connectivity index (χ3n) is 2.52. The van der Waals surface area contributed by atoms with Crippen molar-refractivity contribution in [3.05, 3.63) is 35.9 Å². The molecular weight excluding hydrogens is 278 g/mol. The van der Waals surface area contributed by atoms with Gasteiger partial charge in [0, 0.05) is 12.6 Å². The summed E-state index contributed by atoms with van der Waals surface area (Å²) in [5.74, 6) is 0.484. The fraction of sp³-hybridized carbons (Fsp3) is 0.400. The topological polar surface area (TPSA) is 38.8 Å². The normalized spacial score (nSPS) is 10.4. The molecule has 0 aliphatic rings. The average Bonchev–Trinajstić information content (AvgIpc) is 2.41. The average molecular weight is 300 g/mol. The predicted molar refractivity (Wildman–Crippen MR) is 83.4 cm³/mol. The van der Waals surface area contributed by atoms with E-state index < -0.39 is 0 Å². The first kappa shape index (κ1) is 18.5. The fourth-order valence-electron chi connectivity index (χ4n) is 1.48. The number of hydrogen-bond acceptors (Lipinski definition) is 4. The van der Waals surface area contributed by atoms with E-state index in [0.717, 1.165) is 24.3 Å². The minimum Gasteiger partial charge on any atom is -0.497 e. The number of nitrogens with zero attached hydrogens (tertiary/aromatic N) is 1. The van der Waals surface area contributed by atoms with E-state index in [9.17, 15) is 4.79 Å². The maximum Gasteiger partial charge on any atom is 0.330 e. The molecule has 0 radical (unpaired) electrons. The van der Waals surface area contributed by atoms with Crippen LogP contribution in [0.5, 0.6) is 5.75 Å². The van der Waals surface area contributed by atoms with Gasteiger partial charge in [-0.15, -0.1) is 12.4 Å². The summed E-state index contributed by atoms with van der Waals surface area (Å²) in [6, 6.07) is 7.47. The van der Waals surface area contributed by atoms with Gasteiger partial charge >= 0.3 is 5.97 Å². The highest BCUT2D eigenvalue weighted by Crippen LogP contribution is 2.12. The summed E-state index contributed by atoms with van der Waals surface area (Å²) in [6.07, 6.45) is 4.01. The summed E-state index contributed by atoms with van der Waals surface area (Å²) >= 11 is 0.